The van der Waals surface area contributed by atoms with Crippen molar-refractivity contribution in [2.75, 3.05) is 53.4 Å². The number of aliphatic imine (C=N–C) groups is 1. The van der Waals surface area contributed by atoms with Crippen LogP contribution in [0.25, 0.3) is 0 Å². The molecule has 3 rings (SSSR count). The van der Waals surface area contributed by atoms with Crippen LogP contribution in [0.5, 0.6) is 5.75 Å². The average molecular weight is 438 g/mol. The summed E-state index contributed by atoms with van der Waals surface area (Å²) in [7, 11) is 3.93. The molecule has 0 saturated carbocycles. The monoisotopic (exact) mass is 437 g/mol. The SMILES string of the molecule is CCNC(=NCc1ccc(CN2CCCN(C)CC2)cc1)NCCc1ccccc1OC. The van der Waals surface area contributed by atoms with Gasteiger partial charge in [-0.3, -0.25) is 4.90 Å². The van der Waals surface area contributed by atoms with Gasteiger partial charge in [-0.2, -0.15) is 0 Å². The van der Waals surface area contributed by atoms with Crippen molar-refractivity contribution in [2.24, 2.45) is 4.99 Å². The van der Waals surface area contributed by atoms with Gasteiger partial charge in [-0.05, 0) is 62.7 Å². The third-order valence-electron chi connectivity index (χ3n) is 5.88. The molecule has 0 atom stereocenters. The number of benzene rings is 2. The molecule has 0 spiro atoms. The number of ether oxygens (including phenoxy) is 1. The number of para-hydroxylation sites is 1. The largest absolute Gasteiger partial charge is 0.496 e. The minimum absolute atomic E-state index is 0.665. The van der Waals surface area contributed by atoms with Crippen molar-refractivity contribution < 1.29 is 4.74 Å². The van der Waals surface area contributed by atoms with Gasteiger partial charge in [-0.15, -0.1) is 0 Å². The van der Waals surface area contributed by atoms with Gasteiger partial charge >= 0.3 is 0 Å². The van der Waals surface area contributed by atoms with E-state index in [1.807, 2.05) is 18.2 Å². The fraction of sp³-hybridized carbons (Fsp3) is 0.500. The molecule has 6 nitrogen and oxygen atoms in total. The zero-order valence-electron chi connectivity index (χ0n) is 19.9. The summed E-state index contributed by atoms with van der Waals surface area (Å²) < 4.78 is 5.45. The molecule has 1 aliphatic heterocycles. The molecule has 0 unspecified atom stereocenters. The number of methoxy groups -OCH3 is 1. The number of rotatable bonds is 9. The van der Waals surface area contributed by atoms with Crippen molar-refractivity contribution in [1.29, 1.82) is 0 Å². The van der Waals surface area contributed by atoms with Gasteiger partial charge in [0.1, 0.15) is 5.75 Å². The molecule has 32 heavy (non-hydrogen) atoms. The summed E-state index contributed by atoms with van der Waals surface area (Å²) in [5.74, 6) is 1.78. The maximum absolute atomic E-state index is 5.45. The summed E-state index contributed by atoms with van der Waals surface area (Å²) in [6.45, 7) is 10.1. The van der Waals surface area contributed by atoms with Crippen LogP contribution in [0.2, 0.25) is 0 Å². The summed E-state index contributed by atoms with van der Waals surface area (Å²) in [4.78, 5) is 9.76. The molecule has 174 valence electrons. The van der Waals surface area contributed by atoms with Gasteiger partial charge in [0, 0.05) is 32.7 Å². The van der Waals surface area contributed by atoms with E-state index in [9.17, 15) is 0 Å². The van der Waals surface area contributed by atoms with E-state index in [-0.39, 0.29) is 0 Å². The van der Waals surface area contributed by atoms with Crippen LogP contribution in [-0.4, -0.2) is 69.2 Å². The third-order valence-corrected chi connectivity index (χ3v) is 5.88. The Morgan fingerprint density at radius 1 is 0.969 bits per heavy atom. The van der Waals surface area contributed by atoms with Crippen molar-refractivity contribution in [3.05, 3.63) is 65.2 Å². The number of hydrogen-bond donors (Lipinski definition) is 2. The smallest absolute Gasteiger partial charge is 0.191 e. The second-order valence-corrected chi connectivity index (χ2v) is 8.43. The first-order valence-electron chi connectivity index (χ1n) is 11.8. The first-order valence-corrected chi connectivity index (χ1v) is 11.8. The predicted molar refractivity (Wildman–Crippen MR) is 133 cm³/mol. The van der Waals surface area contributed by atoms with Gasteiger partial charge in [-0.25, -0.2) is 4.99 Å². The Bertz CT molecular complexity index is 836. The molecule has 1 aliphatic rings. The minimum atomic E-state index is 0.665. The van der Waals surface area contributed by atoms with Gasteiger partial charge in [0.05, 0.1) is 13.7 Å². The Morgan fingerprint density at radius 3 is 2.53 bits per heavy atom. The van der Waals surface area contributed by atoms with Gasteiger partial charge < -0.3 is 20.3 Å². The van der Waals surface area contributed by atoms with Gasteiger partial charge in [-0.1, -0.05) is 42.5 Å². The van der Waals surface area contributed by atoms with Crippen LogP contribution in [0.4, 0.5) is 0 Å². The minimum Gasteiger partial charge on any atom is -0.496 e. The molecule has 0 radical (unpaired) electrons. The van der Waals surface area contributed by atoms with Crippen LogP contribution >= 0.6 is 0 Å². The van der Waals surface area contributed by atoms with Crippen LogP contribution in [0.1, 0.15) is 30.0 Å². The van der Waals surface area contributed by atoms with Crippen LogP contribution in [0.15, 0.2) is 53.5 Å². The van der Waals surface area contributed by atoms with Crippen LogP contribution in [0.3, 0.4) is 0 Å². The maximum atomic E-state index is 5.45. The first-order chi connectivity index (χ1) is 15.7. The fourth-order valence-electron chi connectivity index (χ4n) is 4.00. The fourth-order valence-corrected chi connectivity index (χ4v) is 4.00. The molecule has 6 heteroatoms. The van der Waals surface area contributed by atoms with E-state index in [0.29, 0.717) is 6.54 Å². The van der Waals surface area contributed by atoms with E-state index < -0.39 is 0 Å². The predicted octanol–water partition coefficient (Wildman–Crippen LogP) is 3.13. The number of likely N-dealkylation sites (N-methyl/N-ethyl adjacent to an activating group) is 1. The summed E-state index contributed by atoms with van der Waals surface area (Å²) in [5, 5.41) is 6.78. The van der Waals surface area contributed by atoms with Crippen molar-refractivity contribution in [2.45, 2.75) is 32.9 Å². The van der Waals surface area contributed by atoms with E-state index in [2.05, 4.69) is 64.7 Å². The van der Waals surface area contributed by atoms with E-state index in [0.717, 1.165) is 50.9 Å². The lowest BCUT2D eigenvalue weighted by atomic mass is 10.1. The second kappa shape index (κ2) is 13.1. The average Bonchev–Trinajstić information content (AvgIpc) is 3.02. The Hall–Kier alpha value is -2.57. The van der Waals surface area contributed by atoms with Crippen molar-refractivity contribution >= 4 is 5.96 Å². The highest BCUT2D eigenvalue weighted by atomic mass is 16.5. The molecule has 2 aromatic rings. The maximum Gasteiger partial charge on any atom is 0.191 e. The summed E-state index contributed by atoms with van der Waals surface area (Å²) in [6.07, 6.45) is 2.13. The van der Waals surface area contributed by atoms with Crippen LogP contribution < -0.4 is 15.4 Å². The van der Waals surface area contributed by atoms with Crippen LogP contribution in [0, 0.1) is 0 Å². The quantitative estimate of drug-likeness (QED) is 0.466. The lowest BCUT2D eigenvalue weighted by molar-refractivity contribution is 0.269. The van der Waals surface area contributed by atoms with Gasteiger partial charge in [0.2, 0.25) is 0 Å². The molecule has 1 fully saturated rings. The van der Waals surface area contributed by atoms with Crippen molar-refractivity contribution in [3.8, 4) is 5.75 Å². The molecular weight excluding hydrogens is 398 g/mol. The molecule has 2 N–H and O–H groups in total. The highest BCUT2D eigenvalue weighted by Gasteiger charge is 2.12. The Balaban J connectivity index is 1.49. The molecule has 1 saturated heterocycles. The lowest BCUT2D eigenvalue weighted by Gasteiger charge is -2.20. The summed E-state index contributed by atoms with van der Waals surface area (Å²) >= 11 is 0. The van der Waals surface area contributed by atoms with Crippen molar-refractivity contribution in [3.63, 3.8) is 0 Å². The highest BCUT2D eigenvalue weighted by Crippen LogP contribution is 2.17. The van der Waals surface area contributed by atoms with Gasteiger partial charge in [0.25, 0.3) is 0 Å². The van der Waals surface area contributed by atoms with E-state index in [1.165, 1.54) is 36.2 Å². The molecule has 0 aromatic heterocycles. The number of nitrogens with one attached hydrogen (secondary N) is 2. The number of nitrogens with zero attached hydrogens (tertiary/aromatic N) is 3. The molecular formula is C26H39N5O. The zero-order valence-corrected chi connectivity index (χ0v) is 19.9. The van der Waals surface area contributed by atoms with E-state index >= 15 is 0 Å². The Morgan fingerprint density at radius 2 is 1.75 bits per heavy atom. The van der Waals surface area contributed by atoms with E-state index in [4.69, 9.17) is 9.73 Å². The molecule has 1 heterocycles. The molecule has 2 aromatic carbocycles. The molecule has 0 bridgehead atoms. The standard InChI is InChI=1S/C26H39N5O/c1-4-27-26(28-15-14-24-8-5-6-9-25(24)32-3)29-20-22-10-12-23(13-11-22)21-31-17-7-16-30(2)18-19-31/h5-6,8-13H,4,7,14-21H2,1-3H3,(H2,27,28,29). The van der Waals surface area contributed by atoms with Crippen LogP contribution in [-0.2, 0) is 19.5 Å². The summed E-state index contributed by atoms with van der Waals surface area (Å²) in [6, 6.07) is 17.1. The Labute approximate surface area is 193 Å². The zero-order chi connectivity index (χ0) is 22.6. The lowest BCUT2D eigenvalue weighted by Crippen LogP contribution is -2.38. The highest BCUT2D eigenvalue weighted by molar-refractivity contribution is 5.79. The first kappa shape index (κ1) is 24.1. The second-order valence-electron chi connectivity index (χ2n) is 8.43. The summed E-state index contributed by atoms with van der Waals surface area (Å²) in [5.41, 5.74) is 3.81. The Kier molecular flexibility index (Phi) is 9.85. The third kappa shape index (κ3) is 7.84. The molecule has 0 amide bonds. The normalized spacial score (nSPS) is 15.9. The van der Waals surface area contributed by atoms with E-state index in [1.54, 1.807) is 7.11 Å². The number of hydrogen-bond acceptors (Lipinski definition) is 4. The molecule has 0 aliphatic carbocycles. The number of guanidine groups is 1. The topological polar surface area (TPSA) is 52.1 Å². The van der Waals surface area contributed by atoms with Crippen molar-refractivity contribution in [1.82, 2.24) is 20.4 Å². The van der Waals surface area contributed by atoms with Gasteiger partial charge in [0.15, 0.2) is 5.96 Å².